The number of nitrogens with one attached hydrogen (secondary N) is 2. The molecule has 3 rings (SSSR count). The van der Waals surface area contributed by atoms with Crippen LogP contribution >= 0.6 is 22.9 Å². The summed E-state index contributed by atoms with van der Waals surface area (Å²) in [6.45, 7) is -0.0515. The number of rotatable bonds is 6. The van der Waals surface area contributed by atoms with Gasteiger partial charge in [0, 0.05) is 28.9 Å². The third-order valence-electron chi connectivity index (χ3n) is 3.82. The fourth-order valence-corrected chi connectivity index (χ4v) is 3.40. The molecule has 0 saturated heterocycles. The summed E-state index contributed by atoms with van der Waals surface area (Å²) < 4.78 is 27.3. The third kappa shape index (κ3) is 4.16. The lowest BCUT2D eigenvalue weighted by molar-refractivity contribution is 0.0934. The van der Waals surface area contributed by atoms with E-state index in [1.807, 2.05) is 0 Å². The third-order valence-corrected chi connectivity index (χ3v) is 5.27. The lowest BCUT2D eigenvalue weighted by Crippen LogP contribution is -2.33. The molecule has 10 heteroatoms. The molecule has 0 fully saturated rings. The van der Waals surface area contributed by atoms with Crippen LogP contribution in [0, 0.1) is 11.6 Å². The van der Waals surface area contributed by atoms with E-state index < -0.39 is 28.6 Å². The molecular weight excluding hydrogens is 398 g/mol. The number of aliphatic hydroxyl groups is 1. The Kier molecular flexibility index (Phi) is 5.85. The molecule has 5 N–H and O–H groups in total. The summed E-state index contributed by atoms with van der Waals surface area (Å²) in [5.41, 5.74) is 6.50. The number of amides is 1. The number of H-pyrrole nitrogens is 1. The highest BCUT2D eigenvalue weighted by Gasteiger charge is 2.19. The molecule has 2 aromatic heterocycles. The largest absolute Gasteiger partial charge is 0.389 e. The summed E-state index contributed by atoms with van der Waals surface area (Å²) in [7, 11) is 0. The van der Waals surface area contributed by atoms with E-state index in [1.54, 1.807) is 6.20 Å². The fourth-order valence-electron chi connectivity index (χ4n) is 2.45. The van der Waals surface area contributed by atoms with Gasteiger partial charge in [-0.25, -0.2) is 13.8 Å². The topological polar surface area (TPSA) is 104 Å². The van der Waals surface area contributed by atoms with Gasteiger partial charge in [0.2, 0.25) is 0 Å². The van der Waals surface area contributed by atoms with Crippen molar-refractivity contribution in [3.05, 3.63) is 62.7 Å². The monoisotopic (exact) mass is 412 g/mol. The van der Waals surface area contributed by atoms with Gasteiger partial charge in [0.15, 0.2) is 0 Å². The predicted octanol–water partition coefficient (Wildman–Crippen LogP) is 2.99. The Morgan fingerprint density at radius 3 is 2.67 bits per heavy atom. The molecule has 1 atom stereocenters. The van der Waals surface area contributed by atoms with Crippen molar-refractivity contribution in [3.8, 4) is 11.3 Å². The van der Waals surface area contributed by atoms with Gasteiger partial charge in [-0.2, -0.15) is 0 Å². The second kappa shape index (κ2) is 8.13. The molecule has 0 radical (unpaired) electrons. The van der Waals surface area contributed by atoms with Gasteiger partial charge < -0.3 is 21.1 Å². The van der Waals surface area contributed by atoms with Crippen LogP contribution in [0.4, 0.5) is 8.78 Å². The number of aromatic nitrogens is 2. The Bertz CT molecular complexity index is 953. The number of thiazole rings is 1. The Hall–Kier alpha value is -2.33. The van der Waals surface area contributed by atoms with Crippen molar-refractivity contribution in [3.63, 3.8) is 0 Å². The summed E-state index contributed by atoms with van der Waals surface area (Å²) in [6.07, 6.45) is 1.55. The summed E-state index contributed by atoms with van der Waals surface area (Å²) in [6, 6.07) is 4.71. The summed E-state index contributed by atoms with van der Waals surface area (Å²) in [5, 5.41) is 11.8. The molecule has 1 aromatic carbocycles. The van der Waals surface area contributed by atoms with E-state index >= 15 is 0 Å². The number of aliphatic hydroxyl groups excluding tert-OH is 1. The molecule has 27 heavy (non-hydrogen) atoms. The van der Waals surface area contributed by atoms with Crippen LogP contribution in [0.3, 0.4) is 0 Å². The molecule has 0 spiro atoms. The number of carbonyl (C=O) groups excluding carboxylic acids is 1. The highest BCUT2D eigenvalue weighted by molar-refractivity contribution is 7.11. The van der Waals surface area contributed by atoms with Gasteiger partial charge >= 0.3 is 0 Å². The maximum Gasteiger partial charge on any atom is 0.268 e. The number of aromatic amines is 1. The fraction of sp³-hybridized carbons (Fsp3) is 0.176. The van der Waals surface area contributed by atoms with Crippen LogP contribution in [0.1, 0.15) is 26.4 Å². The van der Waals surface area contributed by atoms with Crippen LogP contribution in [0.5, 0.6) is 0 Å². The van der Waals surface area contributed by atoms with Gasteiger partial charge in [-0.05, 0) is 24.3 Å². The molecule has 0 aliphatic rings. The number of hydrogen-bond donors (Lipinski definition) is 4. The minimum Gasteiger partial charge on any atom is -0.389 e. The van der Waals surface area contributed by atoms with Gasteiger partial charge in [0.1, 0.15) is 27.4 Å². The normalized spacial score (nSPS) is 12.2. The number of nitrogens with zero attached hydrogens (tertiary/aromatic N) is 1. The van der Waals surface area contributed by atoms with E-state index in [0.717, 1.165) is 12.1 Å². The standard InChI is InChI=1S/C17H15ClF2N4O2S/c18-16-9(19)3-8(4-10(16)20)11-1-2-12(23-11)17(26)24-13(5-21)14-6-22-15(7-25)27-14/h1-4,6,13,23,25H,5,7,21H2,(H,24,26)/t13-/m0/s1. The van der Waals surface area contributed by atoms with E-state index in [-0.39, 0.29) is 24.4 Å². The van der Waals surface area contributed by atoms with Crippen molar-refractivity contribution in [1.29, 1.82) is 0 Å². The SMILES string of the molecule is NC[C@H](NC(=O)c1ccc(-c2cc(F)c(Cl)c(F)c2)[nH]1)c1cnc(CO)s1. The van der Waals surface area contributed by atoms with E-state index in [2.05, 4.69) is 15.3 Å². The lowest BCUT2D eigenvalue weighted by atomic mass is 10.1. The second-order valence-corrected chi connectivity index (χ2v) is 7.14. The number of benzene rings is 1. The molecule has 3 aromatic rings. The Morgan fingerprint density at radius 1 is 1.37 bits per heavy atom. The lowest BCUT2D eigenvalue weighted by Gasteiger charge is -2.14. The molecule has 2 heterocycles. The number of hydrogen-bond acceptors (Lipinski definition) is 5. The molecule has 6 nitrogen and oxygen atoms in total. The Balaban J connectivity index is 1.78. The van der Waals surface area contributed by atoms with Crippen LogP contribution in [0.2, 0.25) is 5.02 Å². The Labute approximate surface area is 162 Å². The number of halogens is 3. The predicted molar refractivity (Wildman–Crippen MR) is 98.5 cm³/mol. The van der Waals surface area contributed by atoms with Crippen LogP contribution in [-0.4, -0.2) is 27.5 Å². The average Bonchev–Trinajstić information content (AvgIpc) is 3.33. The van der Waals surface area contributed by atoms with E-state index in [0.29, 0.717) is 15.6 Å². The summed E-state index contributed by atoms with van der Waals surface area (Å²) in [5.74, 6) is -2.22. The zero-order valence-corrected chi connectivity index (χ0v) is 15.4. The minimum absolute atomic E-state index is 0.139. The van der Waals surface area contributed by atoms with Crippen LogP contribution in [-0.2, 0) is 6.61 Å². The second-order valence-electron chi connectivity index (χ2n) is 5.62. The molecule has 142 valence electrons. The maximum atomic E-state index is 13.6. The van der Waals surface area contributed by atoms with Crippen molar-refractivity contribution < 1.29 is 18.7 Å². The van der Waals surface area contributed by atoms with Crippen molar-refractivity contribution in [1.82, 2.24) is 15.3 Å². The van der Waals surface area contributed by atoms with Crippen LogP contribution in [0.15, 0.2) is 30.5 Å². The van der Waals surface area contributed by atoms with Crippen LogP contribution < -0.4 is 11.1 Å². The number of carbonyl (C=O) groups is 1. The Morgan fingerprint density at radius 2 is 2.07 bits per heavy atom. The highest BCUT2D eigenvalue weighted by atomic mass is 35.5. The van der Waals surface area contributed by atoms with Gasteiger partial charge in [0.05, 0.1) is 12.6 Å². The first kappa shape index (κ1) is 19.4. The smallest absolute Gasteiger partial charge is 0.268 e. The molecule has 0 aliphatic carbocycles. The van der Waals surface area contributed by atoms with E-state index in [9.17, 15) is 13.6 Å². The highest BCUT2D eigenvalue weighted by Crippen LogP contribution is 2.27. The number of nitrogens with two attached hydrogens (primary N) is 1. The van der Waals surface area contributed by atoms with Gasteiger partial charge in [-0.3, -0.25) is 4.79 Å². The average molecular weight is 413 g/mol. The first-order valence-corrected chi connectivity index (χ1v) is 9.02. The first-order chi connectivity index (χ1) is 12.9. The maximum absolute atomic E-state index is 13.6. The van der Waals surface area contributed by atoms with Gasteiger partial charge in [-0.15, -0.1) is 11.3 Å². The molecule has 1 amide bonds. The zero-order chi connectivity index (χ0) is 19.6. The van der Waals surface area contributed by atoms with Crippen LogP contribution in [0.25, 0.3) is 11.3 Å². The summed E-state index contributed by atoms with van der Waals surface area (Å²) >= 11 is 6.73. The zero-order valence-electron chi connectivity index (χ0n) is 13.8. The van der Waals surface area contributed by atoms with Gasteiger partial charge in [-0.1, -0.05) is 11.6 Å². The molecular formula is C17H15ClF2N4O2S. The molecule has 0 aliphatic heterocycles. The van der Waals surface area contributed by atoms with Crippen molar-refractivity contribution in [2.45, 2.75) is 12.6 Å². The molecule has 0 unspecified atom stereocenters. The van der Waals surface area contributed by atoms with Crippen molar-refractivity contribution in [2.24, 2.45) is 5.73 Å². The van der Waals surface area contributed by atoms with Crippen molar-refractivity contribution in [2.75, 3.05) is 6.54 Å². The molecule has 0 bridgehead atoms. The quantitative estimate of drug-likeness (QED) is 0.467. The molecule has 0 saturated carbocycles. The van der Waals surface area contributed by atoms with E-state index in [4.69, 9.17) is 22.4 Å². The van der Waals surface area contributed by atoms with Gasteiger partial charge in [0.25, 0.3) is 5.91 Å². The summed E-state index contributed by atoms with van der Waals surface area (Å²) in [4.78, 5) is 20.0. The minimum atomic E-state index is -0.889. The first-order valence-electron chi connectivity index (χ1n) is 7.83. The van der Waals surface area contributed by atoms with Crippen molar-refractivity contribution >= 4 is 28.8 Å². The van der Waals surface area contributed by atoms with E-state index in [1.165, 1.54) is 23.5 Å².